The van der Waals surface area contributed by atoms with Gasteiger partial charge in [0.15, 0.2) is 0 Å². The van der Waals surface area contributed by atoms with Crippen LogP contribution in [0.25, 0.3) is 60.6 Å². The molecule has 3 heteroatoms. The molecule has 46 heavy (non-hydrogen) atoms. The van der Waals surface area contributed by atoms with Gasteiger partial charge in [-0.05, 0) is 72.2 Å². The molecule has 0 fully saturated rings. The number of para-hydroxylation sites is 4. The summed E-state index contributed by atoms with van der Waals surface area (Å²) < 4.78 is 4.58. The first kappa shape index (κ1) is 27.3. The zero-order valence-electron chi connectivity index (χ0n) is 25.4. The zero-order valence-corrected chi connectivity index (χ0v) is 25.4. The molecule has 0 aliphatic heterocycles. The molecule has 0 N–H and O–H groups in total. The van der Waals surface area contributed by atoms with E-state index in [0.717, 1.165) is 49.9 Å². The number of hydrogen-bond acceptors (Lipinski definition) is 1. The lowest BCUT2D eigenvalue weighted by Gasteiger charge is -2.17. The van der Waals surface area contributed by atoms with E-state index in [1.165, 1.54) is 21.8 Å². The molecule has 6 aromatic carbocycles. The van der Waals surface area contributed by atoms with Crippen LogP contribution in [-0.2, 0) is 6.42 Å². The van der Waals surface area contributed by atoms with Gasteiger partial charge in [0.1, 0.15) is 6.07 Å². The molecular formula is C43H29N3. The summed E-state index contributed by atoms with van der Waals surface area (Å²) in [6.07, 6.45) is 7.00. The van der Waals surface area contributed by atoms with Crippen LogP contribution in [0, 0.1) is 23.5 Å². The van der Waals surface area contributed by atoms with Crippen LogP contribution in [0.2, 0.25) is 0 Å². The third-order valence-corrected chi connectivity index (χ3v) is 8.82. The van der Waals surface area contributed by atoms with Gasteiger partial charge in [-0.3, -0.25) is 0 Å². The normalized spacial score (nSPS) is 12.0. The molecule has 0 spiro atoms. The Labute approximate surface area is 268 Å². The Morgan fingerprint density at radius 3 is 2.11 bits per heavy atom. The zero-order chi connectivity index (χ0) is 31.0. The average molecular weight is 588 g/mol. The molecule has 0 radical (unpaired) electrons. The summed E-state index contributed by atoms with van der Waals surface area (Å²) in [4.78, 5) is 0. The molecule has 8 aromatic rings. The number of aromatic nitrogens is 2. The van der Waals surface area contributed by atoms with Gasteiger partial charge in [0, 0.05) is 28.3 Å². The first-order chi connectivity index (χ1) is 22.8. The lowest BCUT2D eigenvalue weighted by Crippen LogP contribution is -2.04. The number of fused-ring (bicyclic) bond motifs is 6. The molecule has 0 aliphatic rings. The van der Waals surface area contributed by atoms with E-state index in [9.17, 15) is 5.26 Å². The number of benzene rings is 5. The molecule has 0 amide bonds. The van der Waals surface area contributed by atoms with Gasteiger partial charge in [-0.25, -0.2) is 0 Å². The van der Waals surface area contributed by atoms with Crippen LogP contribution in [0.3, 0.4) is 0 Å². The van der Waals surface area contributed by atoms with Crippen LogP contribution in [0.5, 0.6) is 0 Å². The maximum Gasteiger partial charge on any atom is 0.101 e. The third kappa shape index (κ3) is 4.38. The van der Waals surface area contributed by atoms with Crippen LogP contribution in [0.15, 0.2) is 146 Å². The smallest absolute Gasteiger partial charge is 0.101 e. The van der Waals surface area contributed by atoms with Crippen molar-refractivity contribution >= 4 is 49.2 Å². The molecule has 8 rings (SSSR count). The fraction of sp³-hybridized carbons (Fsp3) is 0.0465. The van der Waals surface area contributed by atoms with Crippen LogP contribution >= 0.6 is 0 Å². The second-order valence-corrected chi connectivity index (χ2v) is 11.5. The number of hydrogen-bond donors (Lipinski definition) is 0. The monoisotopic (exact) mass is 587 g/mol. The van der Waals surface area contributed by atoms with Crippen LogP contribution in [0.4, 0.5) is 0 Å². The quantitative estimate of drug-likeness (QED) is 0.178. The van der Waals surface area contributed by atoms with E-state index < -0.39 is 0 Å². The van der Waals surface area contributed by atoms with Crippen molar-refractivity contribution in [3.05, 3.63) is 174 Å². The number of allylic oxidation sites excluding steroid dienone is 4. The standard InChI is InChI=1S/C43H29N3/c1-2-3-14-30(31-15-13-18-34(28-31)45-39-23-8-4-19-35(39)36-20-5-9-24-40(36)45)27-32-16-12-17-33(29-44)43(32)46-41-25-10-6-21-37(41)38-22-7-11-26-42(38)46/h2-6,8-21,23-26,28H,27H2,1H3/b3-2-,30-14+. The highest BCUT2D eigenvalue weighted by atomic mass is 15.0. The summed E-state index contributed by atoms with van der Waals surface area (Å²) in [6.45, 7) is 2.04. The number of nitrogens with zero attached hydrogens (tertiary/aromatic N) is 3. The molecule has 0 atom stereocenters. The Bertz CT molecular complexity index is 2420. The van der Waals surface area contributed by atoms with Gasteiger partial charge in [0.2, 0.25) is 0 Å². The molecule has 0 bridgehead atoms. The number of nitriles is 1. The highest BCUT2D eigenvalue weighted by Gasteiger charge is 2.19. The fourth-order valence-electron chi connectivity index (χ4n) is 6.83. The predicted molar refractivity (Wildman–Crippen MR) is 190 cm³/mol. The van der Waals surface area contributed by atoms with Crippen molar-refractivity contribution in [2.45, 2.75) is 13.3 Å². The highest BCUT2D eigenvalue weighted by Crippen LogP contribution is 2.36. The van der Waals surface area contributed by atoms with E-state index in [-0.39, 0.29) is 0 Å². The van der Waals surface area contributed by atoms with Gasteiger partial charge in [0.25, 0.3) is 0 Å². The predicted octanol–water partition coefficient (Wildman–Crippen LogP) is 10.6. The van der Waals surface area contributed by atoms with E-state index in [1.54, 1.807) is 0 Å². The van der Waals surface area contributed by atoms with E-state index in [4.69, 9.17) is 0 Å². The molecule has 216 valence electrons. The maximum atomic E-state index is 10.4. The first-order valence-corrected chi connectivity index (χ1v) is 15.5. The summed E-state index contributed by atoms with van der Waals surface area (Å²) in [7, 11) is 0. The van der Waals surface area contributed by atoms with Crippen LogP contribution in [0.1, 0.15) is 23.6 Å². The van der Waals surface area contributed by atoms with Gasteiger partial charge >= 0.3 is 0 Å². The molecule has 2 heterocycles. The SMILES string of the molecule is C/C=C\C=C(/Cc1cccc(C#N)c1-n1c2ccc#cc2c2ccccc21)c1cccc(-n2c3ccccc3c3ccccc32)c1. The van der Waals surface area contributed by atoms with Crippen molar-refractivity contribution in [1.82, 2.24) is 9.13 Å². The van der Waals surface area contributed by atoms with E-state index in [0.29, 0.717) is 12.0 Å². The summed E-state index contributed by atoms with van der Waals surface area (Å²) in [5.41, 5.74) is 10.5. The van der Waals surface area contributed by atoms with E-state index in [2.05, 4.69) is 143 Å². The van der Waals surface area contributed by atoms with Crippen molar-refractivity contribution in [2.24, 2.45) is 0 Å². The molecule has 0 saturated heterocycles. The van der Waals surface area contributed by atoms with Crippen molar-refractivity contribution in [1.29, 1.82) is 5.26 Å². The van der Waals surface area contributed by atoms with Gasteiger partial charge in [-0.2, -0.15) is 5.26 Å². The molecule has 2 aromatic heterocycles. The van der Waals surface area contributed by atoms with E-state index >= 15 is 0 Å². The Balaban J connectivity index is 1.31. The lowest BCUT2D eigenvalue weighted by molar-refractivity contribution is 1.11. The summed E-state index contributed by atoms with van der Waals surface area (Å²) >= 11 is 0. The van der Waals surface area contributed by atoms with Gasteiger partial charge in [-0.15, -0.1) is 0 Å². The first-order valence-electron chi connectivity index (χ1n) is 15.5. The van der Waals surface area contributed by atoms with Crippen LogP contribution in [-0.4, -0.2) is 9.13 Å². The minimum absolute atomic E-state index is 0.636. The second kappa shape index (κ2) is 11.3. The van der Waals surface area contributed by atoms with Crippen molar-refractivity contribution < 1.29 is 0 Å². The largest absolute Gasteiger partial charge is 0.309 e. The van der Waals surface area contributed by atoms with Gasteiger partial charge in [0.05, 0.1) is 38.7 Å². The fourth-order valence-corrected chi connectivity index (χ4v) is 6.83. The molecule has 3 nitrogen and oxygen atoms in total. The lowest BCUT2D eigenvalue weighted by atomic mass is 9.94. The van der Waals surface area contributed by atoms with Gasteiger partial charge in [-0.1, -0.05) is 109 Å². The maximum absolute atomic E-state index is 10.4. The van der Waals surface area contributed by atoms with Crippen molar-refractivity contribution in [2.75, 3.05) is 0 Å². The van der Waals surface area contributed by atoms with Crippen molar-refractivity contribution in [3.8, 4) is 17.4 Å². The summed E-state index contributed by atoms with van der Waals surface area (Å²) in [5.74, 6) is 0. The van der Waals surface area contributed by atoms with E-state index in [1.807, 2.05) is 37.3 Å². The Morgan fingerprint density at radius 1 is 0.717 bits per heavy atom. The van der Waals surface area contributed by atoms with Gasteiger partial charge < -0.3 is 9.13 Å². The summed E-state index contributed by atoms with van der Waals surface area (Å²) in [6, 6.07) is 53.3. The molecule has 0 unspecified atom stereocenters. The molecule has 0 aliphatic carbocycles. The summed E-state index contributed by atoms with van der Waals surface area (Å²) in [5, 5.41) is 15.0. The topological polar surface area (TPSA) is 33.6 Å². The average Bonchev–Trinajstić information content (AvgIpc) is 3.63. The minimum Gasteiger partial charge on any atom is -0.309 e. The van der Waals surface area contributed by atoms with Crippen molar-refractivity contribution in [3.63, 3.8) is 0 Å². The minimum atomic E-state index is 0.636. The third-order valence-electron chi connectivity index (χ3n) is 8.82. The highest BCUT2D eigenvalue weighted by molar-refractivity contribution is 6.10. The number of rotatable bonds is 6. The molecular weight excluding hydrogens is 558 g/mol. The molecule has 0 saturated carbocycles. The van der Waals surface area contributed by atoms with Crippen LogP contribution < -0.4 is 0 Å². The Kier molecular flexibility index (Phi) is 6.72. The Hall–Kier alpha value is -6.29. The second-order valence-electron chi connectivity index (χ2n) is 11.5. The Morgan fingerprint density at radius 2 is 1.39 bits per heavy atom.